The third kappa shape index (κ3) is 4.05. The molecule has 1 saturated heterocycles. The van der Waals surface area contributed by atoms with E-state index in [2.05, 4.69) is 4.98 Å². The van der Waals surface area contributed by atoms with Gasteiger partial charge in [0.15, 0.2) is 0 Å². The molecular formula is C24H23ClN2O4. The number of H-pyrrole nitrogens is 1. The molecule has 160 valence electrons. The quantitative estimate of drug-likeness (QED) is 0.583. The number of benzene rings is 2. The molecule has 2 aromatic carbocycles. The number of amides is 1. The molecule has 0 unspecified atom stereocenters. The highest BCUT2D eigenvalue weighted by Crippen LogP contribution is 2.45. The molecule has 0 radical (unpaired) electrons. The summed E-state index contributed by atoms with van der Waals surface area (Å²) in [6.45, 7) is 0.593. The molecule has 2 N–H and O–H groups in total. The summed E-state index contributed by atoms with van der Waals surface area (Å²) in [6.07, 6.45) is 0.231. The van der Waals surface area contributed by atoms with Gasteiger partial charge in [-0.05, 0) is 54.0 Å². The highest BCUT2D eigenvalue weighted by molar-refractivity contribution is 6.30. The first-order valence-electron chi connectivity index (χ1n) is 10.5. The Morgan fingerprint density at radius 2 is 1.97 bits per heavy atom. The average molecular weight is 439 g/mol. The average Bonchev–Trinajstić information content (AvgIpc) is 3.45. The van der Waals surface area contributed by atoms with Gasteiger partial charge in [-0.15, -0.1) is 0 Å². The van der Waals surface area contributed by atoms with E-state index >= 15 is 0 Å². The Labute approximate surface area is 184 Å². The van der Waals surface area contributed by atoms with E-state index in [1.54, 1.807) is 6.07 Å². The van der Waals surface area contributed by atoms with Crippen molar-refractivity contribution in [2.45, 2.75) is 37.5 Å². The Bertz CT molecular complexity index is 1110. The summed E-state index contributed by atoms with van der Waals surface area (Å²) in [4.78, 5) is 30.1. The summed E-state index contributed by atoms with van der Waals surface area (Å²) in [6, 6.07) is 17.0. The lowest BCUT2D eigenvalue weighted by Gasteiger charge is -2.44. The second-order valence-corrected chi connectivity index (χ2v) is 8.83. The maximum Gasteiger partial charge on any atom is 0.306 e. The van der Waals surface area contributed by atoms with Crippen LogP contribution in [0.15, 0.2) is 54.6 Å². The summed E-state index contributed by atoms with van der Waals surface area (Å²) in [5, 5.41) is 11.0. The molecule has 1 saturated carbocycles. The molecule has 5 rings (SSSR count). The topological polar surface area (TPSA) is 82.6 Å². The zero-order valence-corrected chi connectivity index (χ0v) is 17.6. The first kappa shape index (κ1) is 20.1. The molecule has 2 heterocycles. The van der Waals surface area contributed by atoms with Gasteiger partial charge in [0.05, 0.1) is 6.42 Å². The van der Waals surface area contributed by atoms with Gasteiger partial charge < -0.3 is 19.7 Å². The highest BCUT2D eigenvalue weighted by Gasteiger charge is 2.46. The molecule has 1 amide bonds. The van der Waals surface area contributed by atoms with Crippen LogP contribution < -0.4 is 0 Å². The van der Waals surface area contributed by atoms with E-state index in [9.17, 15) is 14.7 Å². The Hall–Kier alpha value is -2.83. The van der Waals surface area contributed by atoms with E-state index in [1.807, 2.05) is 53.4 Å². The number of carbonyl (C=O) groups excluding carboxylic acids is 1. The van der Waals surface area contributed by atoms with Crippen LogP contribution in [0.2, 0.25) is 5.02 Å². The van der Waals surface area contributed by atoms with Crippen molar-refractivity contribution >= 4 is 34.4 Å². The largest absolute Gasteiger partial charge is 0.481 e. The van der Waals surface area contributed by atoms with Crippen molar-refractivity contribution in [3.63, 3.8) is 0 Å². The number of hydrogen-bond acceptors (Lipinski definition) is 3. The lowest BCUT2D eigenvalue weighted by atomic mass is 9.94. The highest BCUT2D eigenvalue weighted by atomic mass is 35.5. The van der Waals surface area contributed by atoms with Crippen LogP contribution in [0.5, 0.6) is 0 Å². The zero-order chi connectivity index (χ0) is 21.5. The molecule has 6 nitrogen and oxygen atoms in total. The molecule has 3 atom stereocenters. The number of nitrogens with zero attached hydrogens (tertiary/aromatic N) is 1. The molecule has 3 aromatic rings. The molecule has 1 aromatic heterocycles. The summed E-state index contributed by atoms with van der Waals surface area (Å²) in [5.41, 5.74) is 2.67. The van der Waals surface area contributed by atoms with Crippen LogP contribution in [0.1, 0.15) is 42.7 Å². The zero-order valence-electron chi connectivity index (χ0n) is 16.8. The maximum absolute atomic E-state index is 13.4. The van der Waals surface area contributed by atoms with E-state index in [0.717, 1.165) is 35.0 Å². The minimum absolute atomic E-state index is 0.267. The fraction of sp³-hybridized carbons (Fsp3) is 0.333. The van der Waals surface area contributed by atoms with Crippen molar-refractivity contribution < 1.29 is 19.4 Å². The second-order valence-electron chi connectivity index (χ2n) is 8.39. The number of carboxylic acids is 1. The maximum atomic E-state index is 13.4. The summed E-state index contributed by atoms with van der Waals surface area (Å²) >= 11 is 6.26. The van der Waals surface area contributed by atoms with Crippen molar-refractivity contribution in [1.29, 1.82) is 0 Å². The number of ether oxygens (including phenoxy) is 1. The normalized spacial score (nSPS) is 24.0. The van der Waals surface area contributed by atoms with Gasteiger partial charge in [0.2, 0.25) is 0 Å². The molecule has 31 heavy (non-hydrogen) atoms. The summed E-state index contributed by atoms with van der Waals surface area (Å²) < 4.78 is 6.20. The first-order valence-corrected chi connectivity index (χ1v) is 10.9. The molecule has 0 bridgehead atoms. The van der Waals surface area contributed by atoms with Gasteiger partial charge >= 0.3 is 5.97 Å². The SMILES string of the molecule is O=C(O)C[C@H]1O[C@H](c2cccc(Cl)c2)[C@@H](c2cc3ccccc3[nH]2)N(CC2CC2)C1=O. The number of fused-ring (bicyclic) bond motifs is 1. The third-order valence-corrected chi connectivity index (χ3v) is 6.29. The van der Waals surface area contributed by atoms with Crippen LogP contribution >= 0.6 is 11.6 Å². The van der Waals surface area contributed by atoms with Gasteiger partial charge in [-0.2, -0.15) is 0 Å². The molecule has 1 aliphatic carbocycles. The van der Waals surface area contributed by atoms with Crippen molar-refractivity contribution in [2.24, 2.45) is 5.92 Å². The standard InChI is InChI=1S/C24H23ClN2O4/c25-17-6-3-5-16(10-17)23-22(19-11-15-4-1-2-7-18(15)26-19)27(13-14-8-9-14)24(30)20(31-23)12-21(28)29/h1-7,10-11,14,20,22-23,26H,8-9,12-13H2,(H,28,29)/t20-,22-,23-/m1/s1. The fourth-order valence-electron chi connectivity index (χ4n) is 4.40. The van der Waals surface area contributed by atoms with Gasteiger partial charge in [-0.1, -0.05) is 41.9 Å². The van der Waals surface area contributed by atoms with Crippen molar-refractivity contribution in [2.75, 3.05) is 6.54 Å². The van der Waals surface area contributed by atoms with E-state index in [-0.39, 0.29) is 12.3 Å². The number of aromatic amines is 1. The monoisotopic (exact) mass is 438 g/mol. The smallest absolute Gasteiger partial charge is 0.306 e. The molecule has 2 aliphatic rings. The number of hydrogen-bond donors (Lipinski definition) is 2. The number of aromatic nitrogens is 1. The van der Waals surface area contributed by atoms with Crippen LogP contribution in [0.3, 0.4) is 0 Å². The summed E-state index contributed by atoms with van der Waals surface area (Å²) in [7, 11) is 0. The Kier molecular flexibility index (Phi) is 5.20. The number of halogens is 1. The minimum atomic E-state index is -1.06. The first-order chi connectivity index (χ1) is 15.0. The van der Waals surface area contributed by atoms with Gasteiger partial charge in [0, 0.05) is 22.8 Å². The number of morpholine rings is 1. The molecule has 2 fully saturated rings. The van der Waals surface area contributed by atoms with E-state index in [4.69, 9.17) is 16.3 Å². The summed E-state index contributed by atoms with van der Waals surface area (Å²) in [5.74, 6) is -0.880. The predicted octanol–water partition coefficient (Wildman–Crippen LogP) is 4.72. The van der Waals surface area contributed by atoms with Crippen molar-refractivity contribution in [3.8, 4) is 0 Å². The van der Waals surface area contributed by atoms with Gasteiger partial charge in [0.25, 0.3) is 5.91 Å². The van der Waals surface area contributed by atoms with Crippen LogP contribution in [-0.2, 0) is 14.3 Å². The van der Waals surface area contributed by atoms with Gasteiger partial charge in [-0.25, -0.2) is 0 Å². The number of para-hydroxylation sites is 1. The molecular weight excluding hydrogens is 416 g/mol. The fourth-order valence-corrected chi connectivity index (χ4v) is 4.60. The van der Waals surface area contributed by atoms with Gasteiger partial charge in [0.1, 0.15) is 18.2 Å². The molecule has 7 heteroatoms. The Morgan fingerprint density at radius 1 is 1.16 bits per heavy atom. The van der Waals surface area contributed by atoms with Crippen LogP contribution in [0, 0.1) is 5.92 Å². The number of nitrogens with one attached hydrogen (secondary N) is 1. The van der Waals surface area contributed by atoms with Crippen molar-refractivity contribution in [1.82, 2.24) is 9.88 Å². The Balaban J connectivity index is 1.62. The van der Waals surface area contributed by atoms with Crippen LogP contribution in [0.25, 0.3) is 10.9 Å². The van der Waals surface area contributed by atoms with Gasteiger partial charge in [-0.3, -0.25) is 9.59 Å². The molecule has 1 aliphatic heterocycles. The Morgan fingerprint density at radius 3 is 2.68 bits per heavy atom. The van der Waals surface area contributed by atoms with Crippen LogP contribution in [-0.4, -0.2) is 39.5 Å². The number of aliphatic carboxylic acids is 1. The second kappa shape index (κ2) is 8.02. The predicted molar refractivity (Wildman–Crippen MR) is 117 cm³/mol. The number of carbonyl (C=O) groups is 2. The molecule has 0 spiro atoms. The number of carboxylic acid groups (broad SMARTS) is 1. The lowest BCUT2D eigenvalue weighted by Crippen LogP contribution is -2.52. The third-order valence-electron chi connectivity index (χ3n) is 6.05. The van der Waals surface area contributed by atoms with E-state index in [1.165, 1.54) is 0 Å². The van der Waals surface area contributed by atoms with E-state index < -0.39 is 24.2 Å². The minimum Gasteiger partial charge on any atom is -0.481 e. The lowest BCUT2D eigenvalue weighted by molar-refractivity contribution is -0.179. The number of rotatable bonds is 6. The van der Waals surface area contributed by atoms with E-state index in [0.29, 0.717) is 17.5 Å². The van der Waals surface area contributed by atoms with Crippen LogP contribution in [0.4, 0.5) is 0 Å². The van der Waals surface area contributed by atoms with Crippen molar-refractivity contribution in [3.05, 3.63) is 70.9 Å².